The van der Waals surface area contributed by atoms with E-state index >= 15 is 0 Å². The molecule has 0 spiro atoms. The van der Waals surface area contributed by atoms with E-state index in [0.29, 0.717) is 19.8 Å². The molecule has 0 fully saturated rings. The van der Waals surface area contributed by atoms with Gasteiger partial charge in [0.1, 0.15) is 25.6 Å². The third-order valence-electron chi connectivity index (χ3n) is 1.57. The van der Waals surface area contributed by atoms with E-state index in [1.54, 1.807) is 0 Å². The van der Waals surface area contributed by atoms with Gasteiger partial charge in [-0.2, -0.15) is 0 Å². The molecule has 0 saturated heterocycles. The predicted molar refractivity (Wildman–Crippen MR) is 58.7 cm³/mol. The zero-order valence-corrected chi connectivity index (χ0v) is 8.94. The molecule has 3 heteroatoms. The summed E-state index contributed by atoms with van der Waals surface area (Å²) in [5.41, 5.74) is 0.930. The van der Waals surface area contributed by atoms with Gasteiger partial charge in [-0.05, 0) is 19.1 Å². The number of benzene rings is 1. The van der Waals surface area contributed by atoms with Crippen molar-refractivity contribution in [3.8, 4) is 5.75 Å². The van der Waals surface area contributed by atoms with Crippen molar-refractivity contribution >= 4 is 0 Å². The minimum atomic E-state index is 0.405. The van der Waals surface area contributed by atoms with Gasteiger partial charge in [0.15, 0.2) is 0 Å². The van der Waals surface area contributed by atoms with Crippen molar-refractivity contribution in [3.63, 3.8) is 0 Å². The third-order valence-corrected chi connectivity index (χ3v) is 1.57. The Labute approximate surface area is 90.2 Å². The molecule has 1 aromatic carbocycles. The quantitative estimate of drug-likeness (QED) is 0.298. The summed E-state index contributed by atoms with van der Waals surface area (Å²) in [4.78, 5) is 9.73. The number of hydrogen-bond donors (Lipinski definition) is 0. The van der Waals surface area contributed by atoms with Crippen molar-refractivity contribution in [2.75, 3.05) is 19.8 Å². The maximum atomic E-state index is 5.39. The molecule has 0 bridgehead atoms. The van der Waals surface area contributed by atoms with Gasteiger partial charge >= 0.3 is 0 Å². The highest BCUT2D eigenvalue weighted by molar-refractivity contribution is 5.20. The maximum absolute atomic E-state index is 5.39. The van der Waals surface area contributed by atoms with Crippen LogP contribution in [0, 0.1) is 0 Å². The van der Waals surface area contributed by atoms with Gasteiger partial charge in [0.25, 0.3) is 0 Å². The topological polar surface area (TPSA) is 27.7 Å². The molecule has 82 valence electrons. The molecule has 1 aromatic rings. The Hall–Kier alpha value is -1.32. The molecule has 0 aliphatic heterocycles. The molecule has 15 heavy (non-hydrogen) atoms. The molecule has 0 radical (unpaired) electrons. The van der Waals surface area contributed by atoms with Gasteiger partial charge in [-0.25, -0.2) is 9.78 Å². The second-order valence-electron chi connectivity index (χ2n) is 3.20. The van der Waals surface area contributed by atoms with Gasteiger partial charge < -0.3 is 4.74 Å². The average Bonchev–Trinajstić information content (AvgIpc) is 2.24. The summed E-state index contributed by atoms with van der Waals surface area (Å²) < 4.78 is 5.39. The number of ether oxygens (including phenoxy) is 1. The second-order valence-corrected chi connectivity index (χ2v) is 3.20. The van der Waals surface area contributed by atoms with Crippen molar-refractivity contribution in [1.82, 2.24) is 0 Å². The first-order valence-corrected chi connectivity index (χ1v) is 4.85. The SMILES string of the molecule is C=C(C)COOCCOc1ccccc1. The number of para-hydroxylation sites is 1. The molecule has 0 atom stereocenters. The van der Waals surface area contributed by atoms with Gasteiger partial charge in [0, 0.05) is 0 Å². The van der Waals surface area contributed by atoms with E-state index < -0.39 is 0 Å². The zero-order valence-electron chi connectivity index (χ0n) is 8.94. The lowest BCUT2D eigenvalue weighted by Crippen LogP contribution is -2.07. The largest absolute Gasteiger partial charge is 0.491 e. The Kier molecular flexibility index (Phi) is 5.51. The minimum Gasteiger partial charge on any atom is -0.491 e. The lowest BCUT2D eigenvalue weighted by atomic mass is 10.3. The Balaban J connectivity index is 2.00. The summed E-state index contributed by atoms with van der Waals surface area (Å²) in [7, 11) is 0. The molecular weight excluding hydrogens is 192 g/mol. The fraction of sp³-hybridized carbons (Fsp3) is 0.333. The molecule has 0 amide bonds. The van der Waals surface area contributed by atoms with Crippen LogP contribution in [0.3, 0.4) is 0 Å². The summed E-state index contributed by atoms with van der Waals surface area (Å²) in [5, 5.41) is 0. The molecule has 0 unspecified atom stereocenters. The van der Waals surface area contributed by atoms with Crippen molar-refractivity contribution in [3.05, 3.63) is 42.5 Å². The van der Waals surface area contributed by atoms with Crippen LogP contribution in [0.5, 0.6) is 5.75 Å². The smallest absolute Gasteiger partial charge is 0.119 e. The van der Waals surface area contributed by atoms with E-state index in [0.717, 1.165) is 11.3 Å². The van der Waals surface area contributed by atoms with E-state index in [9.17, 15) is 0 Å². The fourth-order valence-corrected chi connectivity index (χ4v) is 0.911. The van der Waals surface area contributed by atoms with Crippen molar-refractivity contribution < 1.29 is 14.5 Å². The number of rotatable bonds is 7. The van der Waals surface area contributed by atoms with E-state index in [1.807, 2.05) is 37.3 Å². The molecule has 1 rings (SSSR count). The van der Waals surface area contributed by atoms with Crippen LogP contribution < -0.4 is 4.74 Å². The van der Waals surface area contributed by atoms with Crippen LogP contribution in [0.2, 0.25) is 0 Å². The first-order valence-electron chi connectivity index (χ1n) is 4.85. The monoisotopic (exact) mass is 208 g/mol. The van der Waals surface area contributed by atoms with Crippen LogP contribution in [-0.4, -0.2) is 19.8 Å². The maximum Gasteiger partial charge on any atom is 0.119 e. The van der Waals surface area contributed by atoms with Crippen LogP contribution in [0.4, 0.5) is 0 Å². The molecule has 3 nitrogen and oxygen atoms in total. The van der Waals surface area contributed by atoms with E-state index in [2.05, 4.69) is 6.58 Å². The normalized spacial score (nSPS) is 9.93. The second kappa shape index (κ2) is 7.04. The first-order chi connectivity index (χ1) is 7.29. The summed E-state index contributed by atoms with van der Waals surface area (Å²) in [6, 6.07) is 9.59. The predicted octanol–water partition coefficient (Wildman–Crippen LogP) is 2.59. The molecule has 0 N–H and O–H groups in total. The molecule has 0 heterocycles. The Morgan fingerprint density at radius 3 is 2.53 bits per heavy atom. The van der Waals surface area contributed by atoms with Crippen molar-refractivity contribution in [2.45, 2.75) is 6.92 Å². The molecule has 0 aromatic heterocycles. The van der Waals surface area contributed by atoms with Crippen LogP contribution in [0.15, 0.2) is 42.5 Å². The number of hydrogen-bond acceptors (Lipinski definition) is 3. The lowest BCUT2D eigenvalue weighted by Gasteiger charge is -2.06. The highest BCUT2D eigenvalue weighted by atomic mass is 17.2. The van der Waals surface area contributed by atoms with Crippen LogP contribution in [0.25, 0.3) is 0 Å². The van der Waals surface area contributed by atoms with E-state index in [1.165, 1.54) is 0 Å². The summed E-state index contributed by atoms with van der Waals surface area (Å²) in [6.07, 6.45) is 0. The summed E-state index contributed by atoms with van der Waals surface area (Å²) in [6.45, 7) is 6.86. The van der Waals surface area contributed by atoms with Gasteiger partial charge in [-0.1, -0.05) is 30.4 Å². The lowest BCUT2D eigenvalue weighted by molar-refractivity contribution is -0.290. The average molecular weight is 208 g/mol. The van der Waals surface area contributed by atoms with Gasteiger partial charge in [0.2, 0.25) is 0 Å². The molecule has 0 aliphatic carbocycles. The summed E-state index contributed by atoms with van der Waals surface area (Å²) >= 11 is 0. The Morgan fingerprint density at radius 2 is 1.87 bits per heavy atom. The van der Waals surface area contributed by atoms with E-state index in [4.69, 9.17) is 14.5 Å². The van der Waals surface area contributed by atoms with Crippen LogP contribution >= 0.6 is 0 Å². The standard InChI is InChI=1S/C12H16O3/c1-11(2)10-15-14-9-8-13-12-6-4-3-5-7-12/h3-7H,1,8-10H2,2H3. The van der Waals surface area contributed by atoms with Gasteiger partial charge in [-0.3, -0.25) is 0 Å². The van der Waals surface area contributed by atoms with E-state index in [-0.39, 0.29) is 0 Å². The Bertz CT molecular complexity index is 282. The van der Waals surface area contributed by atoms with Crippen molar-refractivity contribution in [1.29, 1.82) is 0 Å². The third kappa shape index (κ3) is 5.88. The molecule has 0 saturated carbocycles. The zero-order chi connectivity index (χ0) is 10.9. The highest BCUT2D eigenvalue weighted by Crippen LogP contribution is 2.07. The van der Waals surface area contributed by atoms with Crippen LogP contribution in [0.1, 0.15) is 6.92 Å². The fourth-order valence-electron chi connectivity index (χ4n) is 0.911. The molecular formula is C12H16O3. The molecule has 0 aliphatic rings. The van der Waals surface area contributed by atoms with Crippen LogP contribution in [-0.2, 0) is 9.78 Å². The van der Waals surface area contributed by atoms with Gasteiger partial charge in [0.05, 0.1) is 0 Å². The van der Waals surface area contributed by atoms with Gasteiger partial charge in [-0.15, -0.1) is 0 Å². The summed E-state index contributed by atoms with van der Waals surface area (Å²) in [5.74, 6) is 0.834. The minimum absolute atomic E-state index is 0.405. The Morgan fingerprint density at radius 1 is 1.13 bits per heavy atom. The highest BCUT2D eigenvalue weighted by Gasteiger charge is 1.92. The van der Waals surface area contributed by atoms with Crippen molar-refractivity contribution in [2.24, 2.45) is 0 Å². The first kappa shape index (κ1) is 11.8.